The summed E-state index contributed by atoms with van der Waals surface area (Å²) in [7, 11) is 1.48. The molecule has 1 fully saturated rings. The highest BCUT2D eigenvalue weighted by atomic mass is 19.4. The number of furan rings is 1. The first kappa shape index (κ1) is 44.8. The highest BCUT2D eigenvalue weighted by Crippen LogP contribution is 2.46. The second kappa shape index (κ2) is 18.6. The summed E-state index contributed by atoms with van der Waals surface area (Å²) in [5.41, 5.74) is -7.55. The number of benzene rings is 2. The number of cyclic esters (lactones) is 1. The molecule has 1 aliphatic heterocycles. The topological polar surface area (TPSA) is 110 Å². The predicted molar refractivity (Wildman–Crippen MR) is 194 cm³/mol. The lowest BCUT2D eigenvalue weighted by Gasteiger charge is -2.37. The fraction of sp³-hybridized carbons (Fsp3) is 0.452. The molecule has 9 nitrogen and oxygen atoms in total. The van der Waals surface area contributed by atoms with Crippen molar-refractivity contribution >= 4 is 17.9 Å². The summed E-state index contributed by atoms with van der Waals surface area (Å²) in [4.78, 5) is 39.7. The van der Waals surface area contributed by atoms with Crippen LogP contribution in [0.4, 0.5) is 26.3 Å². The number of carbonyl (C=O) groups is 3. The Hall–Kier alpha value is -4.89. The van der Waals surface area contributed by atoms with E-state index in [4.69, 9.17) is 28.1 Å². The summed E-state index contributed by atoms with van der Waals surface area (Å²) in [6.07, 6.45) is -6.03. The molecule has 0 unspecified atom stereocenters. The van der Waals surface area contributed by atoms with Crippen LogP contribution >= 0.6 is 0 Å². The van der Waals surface area contributed by atoms with Crippen molar-refractivity contribution in [3.05, 3.63) is 119 Å². The Kier molecular flexibility index (Phi) is 14.6. The molecule has 0 aliphatic carbocycles. The number of aryl methyl sites for hydroxylation is 1. The molecule has 15 heteroatoms. The minimum absolute atomic E-state index is 0.0168. The summed E-state index contributed by atoms with van der Waals surface area (Å²) < 4.78 is 120. The molecule has 0 saturated carbocycles. The van der Waals surface area contributed by atoms with Gasteiger partial charge >= 0.3 is 30.3 Å². The van der Waals surface area contributed by atoms with Crippen LogP contribution < -0.4 is 0 Å². The van der Waals surface area contributed by atoms with Crippen LogP contribution in [0.2, 0.25) is 0 Å². The number of hydrogen-bond acceptors (Lipinski definition) is 9. The molecule has 0 bridgehead atoms. The zero-order valence-electron chi connectivity index (χ0n) is 32.2. The summed E-state index contributed by atoms with van der Waals surface area (Å²) in [5.74, 6) is -4.15. The van der Waals surface area contributed by atoms with E-state index in [0.29, 0.717) is 24.0 Å². The van der Waals surface area contributed by atoms with Crippen molar-refractivity contribution in [3.63, 3.8) is 0 Å². The van der Waals surface area contributed by atoms with Crippen molar-refractivity contribution in [2.24, 2.45) is 0 Å². The van der Waals surface area contributed by atoms with Gasteiger partial charge in [0.05, 0.1) is 12.5 Å². The fourth-order valence-corrected chi connectivity index (χ4v) is 6.85. The van der Waals surface area contributed by atoms with Gasteiger partial charge in [-0.3, -0.25) is 4.79 Å². The van der Waals surface area contributed by atoms with Crippen molar-refractivity contribution < 1.29 is 68.8 Å². The number of esters is 3. The Morgan fingerprint density at radius 3 is 1.82 bits per heavy atom. The van der Waals surface area contributed by atoms with E-state index in [1.54, 1.807) is 26.2 Å². The summed E-state index contributed by atoms with van der Waals surface area (Å²) in [6.45, 7) is 4.74. The number of methoxy groups -OCH3 is 2. The summed E-state index contributed by atoms with van der Waals surface area (Å²) in [6, 6.07) is 14.3. The molecule has 5 atom stereocenters. The van der Waals surface area contributed by atoms with Crippen LogP contribution in [0.3, 0.4) is 0 Å². The average Bonchev–Trinajstić information content (AvgIpc) is 3.80. The molecule has 1 aliphatic rings. The number of halogens is 6. The molecule has 0 spiro atoms. The Labute approximate surface area is 326 Å². The number of alkyl halides is 6. The molecule has 1 aromatic heterocycles. The van der Waals surface area contributed by atoms with E-state index >= 15 is 0 Å². The number of ether oxygens (including phenoxy) is 5. The van der Waals surface area contributed by atoms with Gasteiger partial charge in [-0.25, -0.2) is 9.59 Å². The molecule has 3 aromatic rings. The first-order valence-electron chi connectivity index (χ1n) is 18.2. The maximum Gasteiger partial charge on any atom is 0.432 e. The van der Waals surface area contributed by atoms with Gasteiger partial charge in [0.1, 0.15) is 17.8 Å². The highest BCUT2D eigenvalue weighted by Gasteiger charge is 2.66. The molecule has 310 valence electrons. The van der Waals surface area contributed by atoms with Crippen LogP contribution in [0.5, 0.6) is 0 Å². The van der Waals surface area contributed by atoms with Gasteiger partial charge in [-0.05, 0) is 64.2 Å². The second-order valence-corrected chi connectivity index (χ2v) is 14.1. The molecular weight excluding hydrogens is 762 g/mol. The number of allylic oxidation sites excluding steroid dienone is 2. The first-order chi connectivity index (χ1) is 26.8. The molecule has 2 heterocycles. The number of carbonyl (C=O) groups excluding carboxylic acids is 3. The molecule has 57 heavy (non-hydrogen) atoms. The lowest BCUT2D eigenvalue weighted by molar-refractivity contribution is -0.281. The average molecular weight is 809 g/mol. The molecule has 0 radical (unpaired) electrons. The first-order valence-corrected chi connectivity index (χ1v) is 18.2. The largest absolute Gasteiger partial charge is 0.472 e. The van der Waals surface area contributed by atoms with Crippen LogP contribution in [0.1, 0.15) is 76.0 Å². The maximum absolute atomic E-state index is 14.8. The molecule has 0 amide bonds. The van der Waals surface area contributed by atoms with E-state index in [9.17, 15) is 40.7 Å². The van der Waals surface area contributed by atoms with Crippen molar-refractivity contribution in [2.45, 2.75) is 107 Å². The lowest BCUT2D eigenvalue weighted by Crippen LogP contribution is -2.54. The minimum Gasteiger partial charge on any atom is -0.472 e. The van der Waals surface area contributed by atoms with Gasteiger partial charge in [0, 0.05) is 44.6 Å². The van der Waals surface area contributed by atoms with Crippen molar-refractivity contribution in [1.82, 2.24) is 0 Å². The zero-order chi connectivity index (χ0) is 42.1. The zero-order valence-corrected chi connectivity index (χ0v) is 32.2. The Morgan fingerprint density at radius 1 is 0.825 bits per heavy atom. The minimum atomic E-state index is -5.28. The Morgan fingerprint density at radius 2 is 1.37 bits per heavy atom. The van der Waals surface area contributed by atoms with Gasteiger partial charge in [0.2, 0.25) is 0 Å². The quantitative estimate of drug-likeness (QED) is 0.0537. The van der Waals surface area contributed by atoms with Crippen LogP contribution in [0.25, 0.3) is 0 Å². The molecule has 2 aromatic carbocycles. The monoisotopic (exact) mass is 808 g/mol. The van der Waals surface area contributed by atoms with Crippen molar-refractivity contribution in [2.75, 3.05) is 14.2 Å². The van der Waals surface area contributed by atoms with Crippen LogP contribution in [0, 0.1) is 0 Å². The molecule has 1 saturated heterocycles. The van der Waals surface area contributed by atoms with Crippen LogP contribution in [-0.4, -0.2) is 62.3 Å². The van der Waals surface area contributed by atoms with E-state index in [1.165, 1.54) is 55.7 Å². The van der Waals surface area contributed by atoms with E-state index in [0.717, 1.165) is 44.0 Å². The fourth-order valence-electron chi connectivity index (χ4n) is 6.85. The van der Waals surface area contributed by atoms with Gasteiger partial charge in [0.25, 0.3) is 11.2 Å². The standard InChI is InChI=1S/C42H46F6O9/c1-28(13-12-14-30-22-24-54-27-30)25-33(55-36(50)39(52-4,41(43,44)45)31-15-8-6-9-16-31)26-29(2)19-20-34(38(3)23-21-35(49)57-38)56-37(51)40(53-5,42(46,47)48)32-17-10-7-11-18-32/h6-11,13,15-18,22,24,26-27,33-34H,12,14,19-21,23,25H2,1-5H3/b28-13+,29-26+/t33-,34+,38-,39+,40+/m0/s1. The van der Waals surface area contributed by atoms with E-state index in [1.807, 2.05) is 6.08 Å². The lowest BCUT2D eigenvalue weighted by atomic mass is 9.89. The van der Waals surface area contributed by atoms with Crippen LogP contribution in [-0.2, 0) is 55.7 Å². The maximum atomic E-state index is 14.8. The summed E-state index contributed by atoms with van der Waals surface area (Å²) in [5, 5.41) is 0. The Balaban J connectivity index is 1.66. The van der Waals surface area contributed by atoms with E-state index in [2.05, 4.69) is 0 Å². The molecule has 0 N–H and O–H groups in total. The van der Waals surface area contributed by atoms with E-state index < -0.39 is 70.4 Å². The summed E-state index contributed by atoms with van der Waals surface area (Å²) >= 11 is 0. The van der Waals surface area contributed by atoms with Gasteiger partial charge in [0.15, 0.2) is 0 Å². The van der Waals surface area contributed by atoms with E-state index in [-0.39, 0.29) is 32.1 Å². The smallest absolute Gasteiger partial charge is 0.432 e. The SMILES string of the molecule is CO[C@@](C(=O)O[C@H](/C=C(\C)CC[C@@H](OC(=O)[C@](OC)(c1ccccc1)C(F)(F)F)[C@]1(C)CCC(=O)O1)C/C(C)=C/CCc1ccoc1)(c1ccccc1)C(F)(F)F. The predicted octanol–water partition coefficient (Wildman–Crippen LogP) is 9.40. The van der Waals surface area contributed by atoms with Crippen LogP contribution in [0.15, 0.2) is 107 Å². The molecular formula is C42H46F6O9. The molecule has 4 rings (SSSR count). The Bertz CT molecular complexity index is 1860. The third-order valence-corrected chi connectivity index (χ3v) is 10.0. The number of hydrogen-bond donors (Lipinski definition) is 0. The normalized spacial score (nSPS) is 19.9. The van der Waals surface area contributed by atoms with Gasteiger partial charge in [-0.15, -0.1) is 0 Å². The second-order valence-electron chi connectivity index (χ2n) is 14.1. The van der Waals surface area contributed by atoms with Crippen molar-refractivity contribution in [1.29, 1.82) is 0 Å². The van der Waals surface area contributed by atoms with Gasteiger partial charge in [-0.2, -0.15) is 26.3 Å². The van der Waals surface area contributed by atoms with Crippen molar-refractivity contribution in [3.8, 4) is 0 Å². The third kappa shape index (κ3) is 10.2. The third-order valence-electron chi connectivity index (χ3n) is 10.0. The van der Waals surface area contributed by atoms with Gasteiger partial charge < -0.3 is 28.1 Å². The number of rotatable bonds is 18. The van der Waals surface area contributed by atoms with Gasteiger partial charge in [-0.1, -0.05) is 77.9 Å². The highest BCUT2D eigenvalue weighted by molar-refractivity contribution is 5.83.